The fraction of sp³-hybridized carbons (Fsp3) is 0.476. The third kappa shape index (κ3) is 4.73. The molecular weight excluding hydrogens is 376 g/mol. The number of piperidine rings is 1. The summed E-state index contributed by atoms with van der Waals surface area (Å²) in [4.78, 5) is 23.5. The molecule has 0 bridgehead atoms. The van der Waals surface area contributed by atoms with Crippen LogP contribution in [0, 0.1) is 6.92 Å². The van der Waals surface area contributed by atoms with Gasteiger partial charge in [-0.15, -0.1) is 0 Å². The molecule has 0 saturated carbocycles. The standard InChI is InChI=1S/C21H27ClN4O2/c1-4-18-24-20(22)14(2)21(25-18)23-16-9-11-26(12-10-16)19(27)13-15-7-5-6-8-17(15)28-3/h5-8,16H,4,9-13H2,1-3H3,(H,23,24,25). The van der Waals surface area contributed by atoms with Gasteiger partial charge in [-0.3, -0.25) is 4.79 Å². The van der Waals surface area contributed by atoms with Crippen LogP contribution in [-0.2, 0) is 17.6 Å². The van der Waals surface area contributed by atoms with Gasteiger partial charge in [-0.05, 0) is 25.8 Å². The Kier molecular flexibility index (Phi) is 6.73. The number of ether oxygens (including phenoxy) is 1. The van der Waals surface area contributed by atoms with Crippen molar-refractivity contribution in [3.63, 3.8) is 0 Å². The van der Waals surface area contributed by atoms with Gasteiger partial charge in [0, 0.05) is 36.7 Å². The zero-order chi connectivity index (χ0) is 20.1. The maximum Gasteiger partial charge on any atom is 0.227 e. The number of aromatic nitrogens is 2. The first-order valence-electron chi connectivity index (χ1n) is 9.71. The molecule has 1 saturated heterocycles. The predicted molar refractivity (Wildman–Crippen MR) is 111 cm³/mol. The van der Waals surface area contributed by atoms with E-state index in [1.54, 1.807) is 7.11 Å². The summed E-state index contributed by atoms with van der Waals surface area (Å²) in [7, 11) is 1.63. The fourth-order valence-corrected chi connectivity index (χ4v) is 3.61. The normalized spacial score (nSPS) is 14.8. The summed E-state index contributed by atoms with van der Waals surface area (Å²) >= 11 is 6.23. The van der Waals surface area contributed by atoms with E-state index in [4.69, 9.17) is 16.3 Å². The summed E-state index contributed by atoms with van der Waals surface area (Å²) in [6.45, 7) is 5.39. The van der Waals surface area contributed by atoms with Crippen LogP contribution in [0.3, 0.4) is 0 Å². The first-order valence-corrected chi connectivity index (χ1v) is 10.1. The predicted octanol–water partition coefficient (Wildman–Crippen LogP) is 3.66. The Morgan fingerprint density at radius 1 is 1.29 bits per heavy atom. The van der Waals surface area contributed by atoms with Crippen LogP contribution in [0.15, 0.2) is 24.3 Å². The molecule has 1 aliphatic heterocycles. The molecule has 28 heavy (non-hydrogen) atoms. The molecule has 2 heterocycles. The lowest BCUT2D eigenvalue weighted by Crippen LogP contribution is -2.43. The van der Waals surface area contributed by atoms with Crippen LogP contribution in [-0.4, -0.2) is 47.0 Å². The Hall–Kier alpha value is -2.34. The number of hydrogen-bond acceptors (Lipinski definition) is 5. The molecule has 0 unspecified atom stereocenters. The van der Waals surface area contributed by atoms with Crippen LogP contribution in [0.4, 0.5) is 5.82 Å². The molecule has 1 aromatic heterocycles. The Bertz CT molecular complexity index is 835. The van der Waals surface area contributed by atoms with Crippen molar-refractivity contribution in [3.8, 4) is 5.75 Å². The molecule has 1 amide bonds. The molecule has 1 fully saturated rings. The monoisotopic (exact) mass is 402 g/mol. The summed E-state index contributed by atoms with van der Waals surface area (Å²) < 4.78 is 5.35. The van der Waals surface area contributed by atoms with Crippen molar-refractivity contribution >= 4 is 23.3 Å². The number of carbonyl (C=O) groups excluding carboxylic acids is 1. The van der Waals surface area contributed by atoms with Gasteiger partial charge in [0.05, 0.1) is 13.5 Å². The largest absolute Gasteiger partial charge is 0.496 e. The number of methoxy groups -OCH3 is 1. The van der Waals surface area contributed by atoms with Gasteiger partial charge in [0.25, 0.3) is 0 Å². The molecule has 6 nitrogen and oxygen atoms in total. The third-order valence-corrected chi connectivity index (χ3v) is 5.54. The van der Waals surface area contributed by atoms with E-state index in [9.17, 15) is 4.79 Å². The van der Waals surface area contributed by atoms with Crippen molar-refractivity contribution < 1.29 is 9.53 Å². The van der Waals surface area contributed by atoms with Gasteiger partial charge in [0.15, 0.2) is 0 Å². The molecule has 1 aliphatic rings. The lowest BCUT2D eigenvalue weighted by atomic mass is 10.0. The minimum Gasteiger partial charge on any atom is -0.496 e. The van der Waals surface area contributed by atoms with E-state index in [1.807, 2.05) is 43.0 Å². The van der Waals surface area contributed by atoms with Crippen molar-refractivity contribution in [3.05, 3.63) is 46.4 Å². The van der Waals surface area contributed by atoms with Gasteiger partial charge in [-0.1, -0.05) is 36.7 Å². The maximum atomic E-state index is 12.7. The summed E-state index contributed by atoms with van der Waals surface area (Å²) in [5.41, 5.74) is 1.79. The van der Waals surface area contributed by atoms with E-state index in [2.05, 4.69) is 15.3 Å². The first kappa shape index (κ1) is 20.4. The Balaban J connectivity index is 1.57. The van der Waals surface area contributed by atoms with E-state index < -0.39 is 0 Å². The van der Waals surface area contributed by atoms with Crippen molar-refractivity contribution in [2.45, 2.75) is 45.6 Å². The highest BCUT2D eigenvalue weighted by Crippen LogP contribution is 2.24. The third-order valence-electron chi connectivity index (χ3n) is 5.17. The summed E-state index contributed by atoms with van der Waals surface area (Å²) in [5, 5.41) is 4.00. The van der Waals surface area contributed by atoms with Crippen LogP contribution < -0.4 is 10.1 Å². The molecule has 7 heteroatoms. The lowest BCUT2D eigenvalue weighted by molar-refractivity contribution is -0.131. The molecule has 1 N–H and O–H groups in total. The second-order valence-corrected chi connectivity index (χ2v) is 7.40. The number of aryl methyl sites for hydroxylation is 1. The molecule has 2 aromatic rings. The summed E-state index contributed by atoms with van der Waals surface area (Å²) in [6.07, 6.45) is 2.85. The van der Waals surface area contributed by atoms with E-state index in [1.165, 1.54) is 0 Å². The number of para-hydroxylation sites is 1. The van der Waals surface area contributed by atoms with Crippen LogP contribution >= 0.6 is 11.6 Å². The van der Waals surface area contributed by atoms with Crippen molar-refractivity contribution in [1.82, 2.24) is 14.9 Å². The molecule has 0 atom stereocenters. The number of rotatable bonds is 6. The number of halogens is 1. The van der Waals surface area contributed by atoms with Gasteiger partial charge >= 0.3 is 0 Å². The van der Waals surface area contributed by atoms with Crippen molar-refractivity contribution in [2.24, 2.45) is 0 Å². The number of likely N-dealkylation sites (tertiary alicyclic amines) is 1. The fourth-order valence-electron chi connectivity index (χ4n) is 3.42. The highest BCUT2D eigenvalue weighted by Gasteiger charge is 2.24. The first-order chi connectivity index (χ1) is 13.5. The minimum absolute atomic E-state index is 0.137. The second-order valence-electron chi connectivity index (χ2n) is 7.05. The summed E-state index contributed by atoms with van der Waals surface area (Å²) in [6, 6.07) is 7.94. The van der Waals surface area contributed by atoms with Crippen LogP contribution in [0.5, 0.6) is 5.75 Å². The number of anilines is 1. The molecule has 1 aromatic carbocycles. The number of amides is 1. The molecule has 150 valence electrons. The van der Waals surface area contributed by atoms with Gasteiger partial charge < -0.3 is 15.0 Å². The van der Waals surface area contributed by atoms with E-state index in [0.717, 1.165) is 60.9 Å². The lowest BCUT2D eigenvalue weighted by Gasteiger charge is -2.33. The minimum atomic E-state index is 0.137. The van der Waals surface area contributed by atoms with E-state index >= 15 is 0 Å². The Morgan fingerprint density at radius 3 is 2.68 bits per heavy atom. The topological polar surface area (TPSA) is 67.4 Å². The van der Waals surface area contributed by atoms with Crippen LogP contribution in [0.2, 0.25) is 5.15 Å². The van der Waals surface area contributed by atoms with Gasteiger partial charge in [0.2, 0.25) is 5.91 Å². The number of nitrogens with one attached hydrogen (secondary N) is 1. The molecule has 3 rings (SSSR count). The second kappa shape index (κ2) is 9.24. The maximum absolute atomic E-state index is 12.7. The zero-order valence-corrected chi connectivity index (χ0v) is 17.4. The van der Waals surface area contributed by atoms with Gasteiger partial charge in [-0.2, -0.15) is 0 Å². The Morgan fingerprint density at radius 2 is 2.00 bits per heavy atom. The summed E-state index contributed by atoms with van der Waals surface area (Å²) in [5.74, 6) is 2.44. The number of hydrogen-bond donors (Lipinski definition) is 1. The quantitative estimate of drug-likeness (QED) is 0.747. The molecule has 0 radical (unpaired) electrons. The average Bonchev–Trinajstić information content (AvgIpc) is 2.72. The number of carbonyl (C=O) groups is 1. The molecule has 0 spiro atoms. The smallest absolute Gasteiger partial charge is 0.227 e. The van der Waals surface area contributed by atoms with Crippen molar-refractivity contribution in [1.29, 1.82) is 0 Å². The number of nitrogens with zero attached hydrogens (tertiary/aromatic N) is 3. The SMILES string of the molecule is CCc1nc(Cl)c(C)c(NC2CCN(C(=O)Cc3ccccc3OC)CC2)n1. The van der Waals surface area contributed by atoms with Crippen LogP contribution in [0.1, 0.15) is 36.7 Å². The van der Waals surface area contributed by atoms with E-state index in [0.29, 0.717) is 11.6 Å². The zero-order valence-electron chi connectivity index (χ0n) is 16.7. The number of benzene rings is 1. The van der Waals surface area contributed by atoms with Gasteiger partial charge in [-0.25, -0.2) is 9.97 Å². The van der Waals surface area contributed by atoms with E-state index in [-0.39, 0.29) is 11.9 Å². The Labute approximate surface area is 171 Å². The highest BCUT2D eigenvalue weighted by molar-refractivity contribution is 6.30. The van der Waals surface area contributed by atoms with Crippen LogP contribution in [0.25, 0.3) is 0 Å². The van der Waals surface area contributed by atoms with Crippen molar-refractivity contribution in [2.75, 3.05) is 25.5 Å². The molecule has 0 aliphatic carbocycles. The van der Waals surface area contributed by atoms with Gasteiger partial charge in [0.1, 0.15) is 22.5 Å². The highest BCUT2D eigenvalue weighted by atomic mass is 35.5. The molecular formula is C21H27ClN4O2. The average molecular weight is 403 g/mol.